The van der Waals surface area contributed by atoms with Gasteiger partial charge in [0.2, 0.25) is 0 Å². The van der Waals surface area contributed by atoms with E-state index < -0.39 is 0 Å². The summed E-state index contributed by atoms with van der Waals surface area (Å²) >= 11 is 0. The van der Waals surface area contributed by atoms with Crippen LogP contribution in [0.1, 0.15) is 40.5 Å². The van der Waals surface area contributed by atoms with E-state index in [-0.39, 0.29) is 0 Å². The average Bonchev–Trinajstić information content (AvgIpc) is 2.48. The van der Waals surface area contributed by atoms with E-state index in [1.54, 1.807) is 0 Å². The summed E-state index contributed by atoms with van der Waals surface area (Å²) in [5.41, 5.74) is 3.97. The first-order chi connectivity index (χ1) is 6.57. The van der Waals surface area contributed by atoms with Crippen LogP contribution in [-0.2, 0) is 4.74 Å². The molecule has 1 aliphatic rings. The lowest BCUT2D eigenvalue weighted by Gasteiger charge is -2.14. The van der Waals surface area contributed by atoms with Crippen LogP contribution in [0.25, 0.3) is 0 Å². The zero-order valence-corrected chi connectivity index (χ0v) is 9.89. The lowest BCUT2D eigenvalue weighted by molar-refractivity contribution is 0.0869. The highest BCUT2D eigenvalue weighted by molar-refractivity contribution is 5.33. The Kier molecular flexibility index (Phi) is 3.94. The summed E-state index contributed by atoms with van der Waals surface area (Å²) in [5.74, 6) is 0.576. The minimum absolute atomic E-state index is 0.435. The summed E-state index contributed by atoms with van der Waals surface area (Å²) in [5, 5.41) is 0. The fourth-order valence-corrected chi connectivity index (χ4v) is 2.04. The fraction of sp³-hybridized carbons (Fsp3) is 0.692. The van der Waals surface area contributed by atoms with Crippen molar-refractivity contribution in [2.24, 2.45) is 5.92 Å². The molecule has 1 nitrogen and oxygen atoms in total. The Labute approximate surface area is 87.8 Å². The minimum atomic E-state index is 0.435. The van der Waals surface area contributed by atoms with E-state index >= 15 is 0 Å². The first kappa shape index (κ1) is 11.5. The van der Waals surface area contributed by atoms with Gasteiger partial charge in [-0.3, -0.25) is 0 Å². The van der Waals surface area contributed by atoms with Crippen LogP contribution >= 0.6 is 0 Å². The molecule has 0 aromatic heterocycles. The van der Waals surface area contributed by atoms with Crippen molar-refractivity contribution < 1.29 is 4.74 Å². The SMILES string of the molecule is C=C(C)/C(C)=C1/CO[C@@H](CCC)[C@H]1C. The van der Waals surface area contributed by atoms with E-state index in [0.717, 1.165) is 6.61 Å². The highest BCUT2D eigenvalue weighted by Gasteiger charge is 2.29. The molecule has 0 aliphatic carbocycles. The van der Waals surface area contributed by atoms with Gasteiger partial charge >= 0.3 is 0 Å². The largest absolute Gasteiger partial charge is 0.373 e. The summed E-state index contributed by atoms with van der Waals surface area (Å²) in [4.78, 5) is 0. The smallest absolute Gasteiger partial charge is 0.0690 e. The number of ether oxygens (including phenoxy) is 1. The molecule has 0 saturated carbocycles. The van der Waals surface area contributed by atoms with E-state index in [0.29, 0.717) is 12.0 Å². The summed E-state index contributed by atoms with van der Waals surface area (Å²) < 4.78 is 5.79. The van der Waals surface area contributed by atoms with Crippen molar-refractivity contribution in [1.29, 1.82) is 0 Å². The van der Waals surface area contributed by atoms with E-state index in [4.69, 9.17) is 4.74 Å². The van der Waals surface area contributed by atoms with Crippen LogP contribution in [0, 0.1) is 5.92 Å². The summed E-state index contributed by atoms with van der Waals surface area (Å²) in [6.07, 6.45) is 2.81. The van der Waals surface area contributed by atoms with Crippen molar-refractivity contribution in [3.8, 4) is 0 Å². The van der Waals surface area contributed by atoms with Crippen molar-refractivity contribution in [3.63, 3.8) is 0 Å². The molecule has 1 heteroatoms. The van der Waals surface area contributed by atoms with Crippen LogP contribution in [0.4, 0.5) is 0 Å². The van der Waals surface area contributed by atoms with Gasteiger partial charge in [-0.25, -0.2) is 0 Å². The maximum absolute atomic E-state index is 5.79. The van der Waals surface area contributed by atoms with Crippen molar-refractivity contribution >= 4 is 0 Å². The molecule has 0 radical (unpaired) electrons. The number of hydrogen-bond donors (Lipinski definition) is 0. The van der Waals surface area contributed by atoms with Gasteiger partial charge in [0.1, 0.15) is 0 Å². The lowest BCUT2D eigenvalue weighted by atomic mass is 9.91. The zero-order chi connectivity index (χ0) is 10.7. The monoisotopic (exact) mass is 194 g/mol. The molecule has 0 aromatic rings. The van der Waals surface area contributed by atoms with Gasteiger partial charge in [0, 0.05) is 5.92 Å². The molecule has 1 saturated heterocycles. The van der Waals surface area contributed by atoms with Crippen LogP contribution in [0.15, 0.2) is 23.3 Å². The number of rotatable bonds is 3. The van der Waals surface area contributed by atoms with Crippen LogP contribution < -0.4 is 0 Å². The van der Waals surface area contributed by atoms with Crippen LogP contribution in [-0.4, -0.2) is 12.7 Å². The third-order valence-corrected chi connectivity index (χ3v) is 3.26. The molecule has 0 N–H and O–H groups in total. The number of allylic oxidation sites excluding steroid dienone is 2. The highest BCUT2D eigenvalue weighted by Crippen LogP contribution is 2.32. The Balaban J connectivity index is 2.77. The fourth-order valence-electron chi connectivity index (χ4n) is 2.04. The van der Waals surface area contributed by atoms with E-state index in [1.807, 2.05) is 0 Å². The molecule has 0 bridgehead atoms. The average molecular weight is 194 g/mol. The van der Waals surface area contributed by atoms with E-state index in [1.165, 1.54) is 29.6 Å². The zero-order valence-electron chi connectivity index (χ0n) is 9.89. The molecule has 0 unspecified atom stereocenters. The molecular formula is C13H22O. The van der Waals surface area contributed by atoms with Gasteiger partial charge < -0.3 is 4.74 Å². The second-order valence-electron chi connectivity index (χ2n) is 4.36. The minimum Gasteiger partial charge on any atom is -0.373 e. The maximum Gasteiger partial charge on any atom is 0.0690 e. The van der Waals surface area contributed by atoms with Gasteiger partial charge in [-0.2, -0.15) is 0 Å². The third kappa shape index (κ3) is 2.27. The molecule has 0 amide bonds. The topological polar surface area (TPSA) is 9.23 Å². The standard InChI is InChI=1S/C13H22O/c1-6-7-13-11(5)12(8-14-13)10(4)9(2)3/h11,13H,2,6-8H2,1,3-5H3/b12-10-/t11-,13-/m0/s1. The Morgan fingerprint density at radius 2 is 2.14 bits per heavy atom. The molecule has 1 fully saturated rings. The summed E-state index contributed by atoms with van der Waals surface area (Å²) in [6, 6.07) is 0. The maximum atomic E-state index is 5.79. The molecule has 14 heavy (non-hydrogen) atoms. The van der Waals surface area contributed by atoms with E-state index in [2.05, 4.69) is 34.3 Å². The van der Waals surface area contributed by atoms with E-state index in [9.17, 15) is 0 Å². The van der Waals surface area contributed by atoms with Gasteiger partial charge in [0.25, 0.3) is 0 Å². The number of hydrogen-bond acceptors (Lipinski definition) is 1. The van der Waals surface area contributed by atoms with Gasteiger partial charge in [-0.15, -0.1) is 0 Å². The van der Waals surface area contributed by atoms with Crippen LogP contribution in [0.3, 0.4) is 0 Å². The predicted molar refractivity (Wildman–Crippen MR) is 61.3 cm³/mol. The van der Waals surface area contributed by atoms with Crippen LogP contribution in [0.2, 0.25) is 0 Å². The Morgan fingerprint density at radius 1 is 1.50 bits per heavy atom. The first-order valence-corrected chi connectivity index (χ1v) is 5.55. The molecule has 0 spiro atoms. The van der Waals surface area contributed by atoms with Crippen molar-refractivity contribution in [2.45, 2.75) is 46.6 Å². The highest BCUT2D eigenvalue weighted by atomic mass is 16.5. The van der Waals surface area contributed by atoms with Gasteiger partial charge in [-0.1, -0.05) is 32.4 Å². The normalized spacial score (nSPS) is 30.6. The summed E-state index contributed by atoms with van der Waals surface area (Å²) in [7, 11) is 0. The Hall–Kier alpha value is -0.560. The van der Waals surface area contributed by atoms with Gasteiger partial charge in [0.05, 0.1) is 12.7 Å². The molecule has 2 atom stereocenters. The predicted octanol–water partition coefficient (Wildman–Crippen LogP) is 3.71. The van der Waals surface area contributed by atoms with Crippen molar-refractivity contribution in [1.82, 2.24) is 0 Å². The van der Waals surface area contributed by atoms with Crippen LogP contribution in [0.5, 0.6) is 0 Å². The second-order valence-corrected chi connectivity index (χ2v) is 4.36. The molecule has 1 heterocycles. The van der Waals surface area contributed by atoms with Crippen molar-refractivity contribution in [2.75, 3.05) is 6.61 Å². The van der Waals surface area contributed by atoms with Gasteiger partial charge in [0.15, 0.2) is 0 Å². The third-order valence-electron chi connectivity index (χ3n) is 3.26. The van der Waals surface area contributed by atoms with Gasteiger partial charge in [-0.05, 0) is 31.4 Å². The first-order valence-electron chi connectivity index (χ1n) is 5.55. The second kappa shape index (κ2) is 4.79. The molecule has 0 aromatic carbocycles. The quantitative estimate of drug-likeness (QED) is 0.665. The Morgan fingerprint density at radius 3 is 2.64 bits per heavy atom. The molecular weight excluding hydrogens is 172 g/mol. The van der Waals surface area contributed by atoms with Crippen molar-refractivity contribution in [3.05, 3.63) is 23.3 Å². The molecule has 1 aliphatic heterocycles. The lowest BCUT2D eigenvalue weighted by Crippen LogP contribution is -2.13. The summed E-state index contributed by atoms with van der Waals surface area (Å²) in [6.45, 7) is 13.5. The Bertz CT molecular complexity index is 250. The molecule has 1 rings (SSSR count). The molecule has 80 valence electrons.